The Morgan fingerprint density at radius 3 is 2.55 bits per heavy atom. The molecule has 2 aromatic rings. The molecule has 1 aromatic heterocycles. The number of benzene rings is 1. The van der Waals surface area contributed by atoms with Gasteiger partial charge in [-0.25, -0.2) is 9.07 Å². The van der Waals surface area contributed by atoms with Gasteiger partial charge in [0.15, 0.2) is 5.75 Å². The zero-order valence-corrected chi connectivity index (χ0v) is 12.8. The summed E-state index contributed by atoms with van der Waals surface area (Å²) in [5.74, 6) is -1.22. The molecule has 0 bridgehead atoms. The summed E-state index contributed by atoms with van der Waals surface area (Å²) in [7, 11) is 2.61. The second-order valence-electron chi connectivity index (χ2n) is 4.13. The molecule has 1 aromatic carbocycles. The van der Waals surface area contributed by atoms with Gasteiger partial charge < -0.3 is 15.2 Å². The van der Waals surface area contributed by atoms with Gasteiger partial charge in [0.05, 0.1) is 23.4 Å². The maximum Gasteiger partial charge on any atom is 0.388 e. The molecule has 0 aliphatic carbocycles. The minimum absolute atomic E-state index is 0.0242. The third-order valence-corrected chi connectivity index (χ3v) is 3.43. The summed E-state index contributed by atoms with van der Waals surface area (Å²) >= 11 is 11.8. The lowest BCUT2D eigenvalue weighted by Gasteiger charge is -2.11. The summed E-state index contributed by atoms with van der Waals surface area (Å²) in [6.07, 6.45) is 0. The van der Waals surface area contributed by atoms with E-state index in [1.54, 1.807) is 0 Å². The SMILES string of the molecule is COc1c(Cl)cc(F)c(-c2nn(C)c(OC(F)F)c2Cl)c1N. The van der Waals surface area contributed by atoms with Gasteiger partial charge in [0, 0.05) is 7.05 Å². The van der Waals surface area contributed by atoms with E-state index in [0.29, 0.717) is 0 Å². The molecule has 0 aliphatic heterocycles. The summed E-state index contributed by atoms with van der Waals surface area (Å²) in [6, 6.07) is 0.963. The molecular formula is C12H10Cl2F3N3O2. The Bertz CT molecular complexity index is 722. The highest BCUT2D eigenvalue weighted by Gasteiger charge is 2.26. The number of nitrogens with zero attached hydrogens (tertiary/aromatic N) is 2. The van der Waals surface area contributed by atoms with Crippen LogP contribution >= 0.6 is 23.2 Å². The maximum atomic E-state index is 14.2. The number of nitrogen functional groups attached to an aromatic ring is 1. The van der Waals surface area contributed by atoms with E-state index in [-0.39, 0.29) is 32.7 Å². The highest BCUT2D eigenvalue weighted by molar-refractivity contribution is 6.35. The van der Waals surface area contributed by atoms with Crippen molar-refractivity contribution < 1.29 is 22.6 Å². The Morgan fingerprint density at radius 2 is 2.00 bits per heavy atom. The summed E-state index contributed by atoms with van der Waals surface area (Å²) in [5.41, 5.74) is 5.28. The summed E-state index contributed by atoms with van der Waals surface area (Å²) in [6.45, 7) is -3.11. The summed E-state index contributed by atoms with van der Waals surface area (Å²) in [5, 5.41) is 3.52. The average molecular weight is 356 g/mol. The van der Waals surface area contributed by atoms with Crippen LogP contribution in [0, 0.1) is 5.82 Å². The van der Waals surface area contributed by atoms with Crippen LogP contribution in [-0.2, 0) is 7.05 Å². The quantitative estimate of drug-likeness (QED) is 0.849. The Labute approximate surface area is 133 Å². The van der Waals surface area contributed by atoms with Crippen molar-refractivity contribution in [1.29, 1.82) is 0 Å². The van der Waals surface area contributed by atoms with Crippen molar-refractivity contribution in [1.82, 2.24) is 9.78 Å². The standard InChI is InChI=1S/C12H10Cl2F3N3O2/c1-20-11(22-12(16)17)7(14)9(19-20)6-5(15)3-4(13)10(21-2)8(6)18/h3,12H,18H2,1-2H3. The Hall–Kier alpha value is -1.80. The van der Waals surface area contributed by atoms with Gasteiger partial charge in [-0.15, -0.1) is 0 Å². The van der Waals surface area contributed by atoms with Crippen molar-refractivity contribution in [3.63, 3.8) is 0 Å². The minimum Gasteiger partial charge on any atom is -0.493 e. The number of hydrogen-bond acceptors (Lipinski definition) is 4. The van der Waals surface area contributed by atoms with Crippen molar-refractivity contribution >= 4 is 28.9 Å². The van der Waals surface area contributed by atoms with Crippen molar-refractivity contribution in [2.24, 2.45) is 7.05 Å². The molecule has 0 aliphatic rings. The van der Waals surface area contributed by atoms with Gasteiger partial charge in [-0.3, -0.25) is 0 Å². The molecule has 0 atom stereocenters. The highest BCUT2D eigenvalue weighted by atomic mass is 35.5. The number of anilines is 1. The van der Waals surface area contributed by atoms with E-state index in [4.69, 9.17) is 33.7 Å². The van der Waals surface area contributed by atoms with Crippen LogP contribution in [0.3, 0.4) is 0 Å². The molecule has 2 rings (SSSR count). The number of nitrogens with two attached hydrogens (primary N) is 1. The van der Waals surface area contributed by atoms with Crippen molar-refractivity contribution in [3.05, 3.63) is 21.9 Å². The molecule has 120 valence electrons. The third kappa shape index (κ3) is 2.76. The first-order chi connectivity index (χ1) is 10.3. The van der Waals surface area contributed by atoms with Crippen molar-refractivity contribution in [3.8, 4) is 22.9 Å². The van der Waals surface area contributed by atoms with Gasteiger partial charge >= 0.3 is 6.61 Å². The van der Waals surface area contributed by atoms with Gasteiger partial charge in [0.1, 0.15) is 16.5 Å². The second kappa shape index (κ2) is 6.13. The number of alkyl halides is 2. The normalized spacial score (nSPS) is 11.1. The van der Waals surface area contributed by atoms with Gasteiger partial charge in [-0.05, 0) is 6.07 Å². The lowest BCUT2D eigenvalue weighted by atomic mass is 10.1. The molecular weight excluding hydrogens is 346 g/mol. The molecule has 0 amide bonds. The van der Waals surface area contributed by atoms with E-state index in [1.165, 1.54) is 14.2 Å². The zero-order valence-electron chi connectivity index (χ0n) is 11.3. The number of ether oxygens (including phenoxy) is 2. The Kier molecular flexibility index (Phi) is 4.62. The summed E-state index contributed by atoms with van der Waals surface area (Å²) in [4.78, 5) is 0. The van der Waals surface area contributed by atoms with Gasteiger partial charge in [0.25, 0.3) is 0 Å². The third-order valence-electron chi connectivity index (χ3n) is 2.80. The maximum absolute atomic E-state index is 14.2. The number of methoxy groups -OCH3 is 1. The highest BCUT2D eigenvalue weighted by Crippen LogP contribution is 2.44. The molecule has 0 radical (unpaired) electrons. The predicted octanol–water partition coefficient (Wildman–Crippen LogP) is 3.73. The van der Waals surface area contributed by atoms with Crippen LogP contribution in [0.25, 0.3) is 11.3 Å². The summed E-state index contributed by atoms with van der Waals surface area (Å²) < 4.78 is 49.1. The number of rotatable bonds is 4. The van der Waals surface area contributed by atoms with Crippen LogP contribution in [0.4, 0.5) is 18.9 Å². The first kappa shape index (κ1) is 16.6. The number of hydrogen-bond donors (Lipinski definition) is 1. The molecule has 0 unspecified atom stereocenters. The van der Waals surface area contributed by atoms with Crippen LogP contribution < -0.4 is 15.2 Å². The fourth-order valence-corrected chi connectivity index (χ4v) is 2.50. The average Bonchev–Trinajstić information content (AvgIpc) is 2.66. The Balaban J connectivity index is 2.68. The van der Waals surface area contributed by atoms with E-state index >= 15 is 0 Å². The molecule has 2 N–H and O–H groups in total. The molecule has 0 saturated carbocycles. The van der Waals surface area contributed by atoms with E-state index in [2.05, 4.69) is 9.84 Å². The molecule has 10 heteroatoms. The van der Waals surface area contributed by atoms with E-state index < -0.39 is 18.3 Å². The number of aromatic nitrogens is 2. The number of halogens is 5. The molecule has 0 saturated heterocycles. The molecule has 1 heterocycles. The second-order valence-corrected chi connectivity index (χ2v) is 4.92. The van der Waals surface area contributed by atoms with Crippen LogP contribution in [-0.4, -0.2) is 23.5 Å². The lowest BCUT2D eigenvalue weighted by Crippen LogP contribution is -2.06. The van der Waals surface area contributed by atoms with Gasteiger partial charge in [-0.2, -0.15) is 13.9 Å². The predicted molar refractivity (Wildman–Crippen MR) is 76.2 cm³/mol. The van der Waals surface area contributed by atoms with Crippen molar-refractivity contribution in [2.45, 2.75) is 6.61 Å². The largest absolute Gasteiger partial charge is 0.493 e. The smallest absolute Gasteiger partial charge is 0.388 e. The Morgan fingerprint density at radius 1 is 1.36 bits per heavy atom. The van der Waals surface area contributed by atoms with Crippen LogP contribution in [0.15, 0.2) is 6.07 Å². The fourth-order valence-electron chi connectivity index (χ4n) is 1.92. The monoisotopic (exact) mass is 355 g/mol. The molecule has 5 nitrogen and oxygen atoms in total. The minimum atomic E-state index is -3.11. The zero-order chi connectivity index (χ0) is 16.6. The molecule has 0 spiro atoms. The lowest BCUT2D eigenvalue weighted by molar-refractivity contribution is -0.0552. The first-order valence-corrected chi connectivity index (χ1v) is 6.52. The van der Waals surface area contributed by atoms with Gasteiger partial charge in [0.2, 0.25) is 5.88 Å². The molecule has 0 fully saturated rings. The fraction of sp³-hybridized carbons (Fsp3) is 0.250. The van der Waals surface area contributed by atoms with Crippen LogP contribution in [0.1, 0.15) is 0 Å². The van der Waals surface area contributed by atoms with Gasteiger partial charge in [-0.1, -0.05) is 23.2 Å². The van der Waals surface area contributed by atoms with Crippen LogP contribution in [0.2, 0.25) is 10.0 Å². The van der Waals surface area contributed by atoms with Crippen LogP contribution in [0.5, 0.6) is 11.6 Å². The number of aryl methyl sites for hydroxylation is 1. The van der Waals surface area contributed by atoms with E-state index in [1.807, 2.05) is 0 Å². The topological polar surface area (TPSA) is 62.3 Å². The van der Waals surface area contributed by atoms with Crippen molar-refractivity contribution in [2.75, 3.05) is 12.8 Å². The first-order valence-electron chi connectivity index (χ1n) is 5.77. The van der Waals surface area contributed by atoms with E-state index in [9.17, 15) is 13.2 Å². The molecule has 22 heavy (non-hydrogen) atoms. The van der Waals surface area contributed by atoms with E-state index in [0.717, 1.165) is 10.7 Å².